The molecule has 25 heavy (non-hydrogen) atoms. The number of thioether (sulfide) groups is 1. The second-order valence-corrected chi connectivity index (χ2v) is 9.08. The summed E-state index contributed by atoms with van der Waals surface area (Å²) in [4.78, 5) is 13.9. The average Bonchev–Trinajstić information content (AvgIpc) is 2.91. The third-order valence-corrected chi connectivity index (χ3v) is 6.29. The summed E-state index contributed by atoms with van der Waals surface area (Å²) in [6.07, 6.45) is 4.82. The third-order valence-electron chi connectivity index (χ3n) is 4.81. The highest BCUT2D eigenvalue weighted by molar-refractivity contribution is 8.01. The maximum Gasteiger partial charge on any atom is 0.322 e. The molecule has 0 aromatic heterocycles. The zero-order chi connectivity index (χ0) is 18.4. The van der Waals surface area contributed by atoms with Gasteiger partial charge in [0.1, 0.15) is 6.04 Å². The average molecular weight is 365 g/mol. The molecule has 140 valence electrons. The van der Waals surface area contributed by atoms with E-state index in [2.05, 4.69) is 48.3 Å². The van der Waals surface area contributed by atoms with Gasteiger partial charge in [-0.2, -0.15) is 0 Å². The topological polar surface area (TPSA) is 52.6 Å². The number of unbranched alkanes of at least 4 members (excludes halogenated alkanes) is 2. The van der Waals surface area contributed by atoms with E-state index in [0.717, 1.165) is 18.7 Å². The van der Waals surface area contributed by atoms with Crippen molar-refractivity contribution in [2.75, 3.05) is 18.0 Å². The van der Waals surface area contributed by atoms with E-state index in [1.54, 1.807) is 11.8 Å². The van der Waals surface area contributed by atoms with Gasteiger partial charge >= 0.3 is 5.97 Å². The molecule has 1 saturated heterocycles. The lowest BCUT2D eigenvalue weighted by Gasteiger charge is -2.25. The lowest BCUT2D eigenvalue weighted by Crippen LogP contribution is -2.43. The zero-order valence-electron chi connectivity index (χ0n) is 15.9. The summed E-state index contributed by atoms with van der Waals surface area (Å²) in [6, 6.07) is 8.14. The highest BCUT2D eigenvalue weighted by Crippen LogP contribution is 2.45. The molecule has 1 aromatic carbocycles. The van der Waals surface area contributed by atoms with Crippen LogP contribution in [0.2, 0.25) is 0 Å². The molecule has 2 N–H and O–H groups in total. The predicted octanol–water partition coefficient (Wildman–Crippen LogP) is 4.66. The Labute approximate surface area is 156 Å². The number of hydrogen-bond donors (Lipinski definition) is 2. The van der Waals surface area contributed by atoms with E-state index in [1.165, 1.54) is 31.4 Å². The molecule has 1 aromatic rings. The molecule has 0 aliphatic carbocycles. The quantitative estimate of drug-likeness (QED) is 0.667. The monoisotopic (exact) mass is 364 g/mol. The van der Waals surface area contributed by atoms with Gasteiger partial charge in [0.25, 0.3) is 0 Å². The Bertz CT molecular complexity index is 551. The van der Waals surface area contributed by atoms with Crippen molar-refractivity contribution in [1.29, 1.82) is 0 Å². The van der Waals surface area contributed by atoms with Gasteiger partial charge in [0.15, 0.2) is 0 Å². The van der Waals surface area contributed by atoms with Crippen LogP contribution in [0.5, 0.6) is 0 Å². The van der Waals surface area contributed by atoms with E-state index < -0.39 is 12.0 Å². The molecule has 1 aliphatic heterocycles. The molecular weight excluding hydrogens is 332 g/mol. The Morgan fingerprint density at radius 2 is 1.72 bits per heavy atom. The van der Waals surface area contributed by atoms with Crippen molar-refractivity contribution in [3.05, 3.63) is 29.8 Å². The fourth-order valence-corrected chi connectivity index (χ4v) is 4.63. The summed E-state index contributed by atoms with van der Waals surface area (Å²) in [5.74, 6) is -0.776. The van der Waals surface area contributed by atoms with Crippen molar-refractivity contribution in [3.8, 4) is 0 Å². The smallest absolute Gasteiger partial charge is 0.322 e. The van der Waals surface area contributed by atoms with E-state index in [9.17, 15) is 9.90 Å². The Morgan fingerprint density at radius 1 is 1.16 bits per heavy atom. The fraction of sp³-hybridized carbons (Fsp3) is 0.650. The van der Waals surface area contributed by atoms with E-state index in [0.29, 0.717) is 0 Å². The fourth-order valence-electron chi connectivity index (χ4n) is 3.22. The van der Waals surface area contributed by atoms with Crippen molar-refractivity contribution in [3.63, 3.8) is 0 Å². The first-order valence-electron chi connectivity index (χ1n) is 9.40. The second-order valence-electron chi connectivity index (χ2n) is 7.32. The standard InChI is InChI=1S/C20H32N2O2S/c1-5-7-13-22(14-8-6-2)16-11-9-15(10-12-16)18-21-17(19(23)24)20(3,4)25-18/h9-12,17-18,21H,5-8,13-14H2,1-4H3,(H,23,24)/t17-,18?/m0/s1. The molecule has 0 amide bonds. The molecule has 1 unspecified atom stereocenters. The molecule has 0 spiro atoms. The third kappa shape index (κ3) is 5.14. The lowest BCUT2D eigenvalue weighted by molar-refractivity contribution is -0.139. The Kier molecular flexibility index (Phi) is 7.20. The van der Waals surface area contributed by atoms with Gasteiger partial charge in [0, 0.05) is 23.5 Å². The van der Waals surface area contributed by atoms with Gasteiger partial charge in [-0.1, -0.05) is 38.8 Å². The minimum atomic E-state index is -0.776. The van der Waals surface area contributed by atoms with Crippen LogP contribution in [0.3, 0.4) is 0 Å². The minimum absolute atomic E-state index is 0.0323. The van der Waals surface area contributed by atoms with Gasteiger partial charge in [-0.3, -0.25) is 10.1 Å². The van der Waals surface area contributed by atoms with Gasteiger partial charge in [-0.05, 0) is 44.4 Å². The number of carboxylic acid groups (broad SMARTS) is 1. The lowest BCUT2D eigenvalue weighted by atomic mass is 10.0. The molecule has 4 nitrogen and oxygen atoms in total. The highest BCUT2D eigenvalue weighted by Gasteiger charge is 2.45. The van der Waals surface area contributed by atoms with Crippen LogP contribution in [-0.2, 0) is 4.79 Å². The number of nitrogens with zero attached hydrogens (tertiary/aromatic N) is 1. The van der Waals surface area contributed by atoms with Crippen LogP contribution in [0.4, 0.5) is 5.69 Å². The Morgan fingerprint density at radius 3 is 2.16 bits per heavy atom. The first kappa shape index (κ1) is 20.1. The number of aliphatic carboxylic acids is 1. The van der Waals surface area contributed by atoms with Gasteiger partial charge in [-0.15, -0.1) is 11.8 Å². The molecule has 2 atom stereocenters. The Balaban J connectivity index is 2.09. The summed E-state index contributed by atoms with van der Waals surface area (Å²) >= 11 is 1.69. The number of carbonyl (C=O) groups is 1. The molecule has 1 aliphatic rings. The summed E-state index contributed by atoms with van der Waals surface area (Å²) in [7, 11) is 0. The van der Waals surface area contributed by atoms with E-state index >= 15 is 0 Å². The molecule has 0 radical (unpaired) electrons. The number of hydrogen-bond acceptors (Lipinski definition) is 4. The first-order valence-corrected chi connectivity index (χ1v) is 10.3. The molecule has 1 fully saturated rings. The molecule has 0 bridgehead atoms. The van der Waals surface area contributed by atoms with E-state index in [4.69, 9.17) is 0 Å². The van der Waals surface area contributed by atoms with Gasteiger partial charge in [0.2, 0.25) is 0 Å². The van der Waals surface area contributed by atoms with Gasteiger partial charge in [0.05, 0.1) is 5.37 Å². The first-order chi connectivity index (χ1) is 11.9. The molecule has 2 rings (SSSR count). The summed E-state index contributed by atoms with van der Waals surface area (Å²) in [6.45, 7) is 10.6. The number of nitrogens with one attached hydrogen (secondary N) is 1. The van der Waals surface area contributed by atoms with E-state index in [1.807, 2.05) is 13.8 Å². The van der Waals surface area contributed by atoms with Crippen LogP contribution in [0.25, 0.3) is 0 Å². The number of carboxylic acids is 1. The maximum atomic E-state index is 11.5. The normalized spacial score (nSPS) is 22.1. The Hall–Kier alpha value is -1.20. The van der Waals surface area contributed by atoms with Crippen LogP contribution in [0.15, 0.2) is 24.3 Å². The van der Waals surface area contributed by atoms with Crippen LogP contribution < -0.4 is 10.2 Å². The summed E-state index contributed by atoms with van der Waals surface area (Å²) in [5, 5.41) is 12.7. The molecule has 1 heterocycles. The summed E-state index contributed by atoms with van der Waals surface area (Å²) < 4.78 is -0.316. The van der Waals surface area contributed by atoms with Gasteiger partial charge in [-0.25, -0.2) is 0 Å². The highest BCUT2D eigenvalue weighted by atomic mass is 32.2. The van der Waals surface area contributed by atoms with Crippen molar-refractivity contribution in [1.82, 2.24) is 5.32 Å². The molecular formula is C20H32N2O2S. The van der Waals surface area contributed by atoms with E-state index in [-0.39, 0.29) is 10.1 Å². The largest absolute Gasteiger partial charge is 0.480 e. The zero-order valence-corrected chi connectivity index (χ0v) is 16.7. The van der Waals surface area contributed by atoms with Crippen LogP contribution in [0, 0.1) is 0 Å². The van der Waals surface area contributed by atoms with Crippen molar-refractivity contribution >= 4 is 23.4 Å². The second kappa shape index (κ2) is 8.95. The predicted molar refractivity (Wildman–Crippen MR) is 107 cm³/mol. The number of benzene rings is 1. The van der Waals surface area contributed by atoms with Crippen LogP contribution in [0.1, 0.15) is 64.3 Å². The van der Waals surface area contributed by atoms with Crippen molar-refractivity contribution in [2.24, 2.45) is 0 Å². The van der Waals surface area contributed by atoms with Gasteiger partial charge < -0.3 is 10.0 Å². The SMILES string of the molecule is CCCCN(CCCC)c1ccc(C2N[C@@H](C(=O)O)C(C)(C)S2)cc1. The van der Waals surface area contributed by atoms with Crippen LogP contribution >= 0.6 is 11.8 Å². The maximum absolute atomic E-state index is 11.5. The number of anilines is 1. The molecule has 0 saturated carbocycles. The van der Waals surface area contributed by atoms with Crippen LogP contribution in [-0.4, -0.2) is 35.0 Å². The number of rotatable bonds is 9. The minimum Gasteiger partial charge on any atom is -0.480 e. The summed E-state index contributed by atoms with van der Waals surface area (Å²) in [5.41, 5.74) is 2.42. The molecule has 5 heteroatoms. The van der Waals surface area contributed by atoms with Crippen molar-refractivity contribution < 1.29 is 9.90 Å². The van der Waals surface area contributed by atoms with Crippen molar-refractivity contribution in [2.45, 2.75) is 69.5 Å².